The SMILES string of the molecule is COc1ccc(CN2CCCCC2CN)cn1. The minimum Gasteiger partial charge on any atom is -0.481 e. The van der Waals surface area contributed by atoms with E-state index in [1.54, 1.807) is 7.11 Å². The second-order valence-corrected chi connectivity index (χ2v) is 4.56. The van der Waals surface area contributed by atoms with Gasteiger partial charge in [-0.15, -0.1) is 0 Å². The van der Waals surface area contributed by atoms with E-state index in [2.05, 4.69) is 16.0 Å². The smallest absolute Gasteiger partial charge is 0.212 e. The minimum absolute atomic E-state index is 0.533. The minimum atomic E-state index is 0.533. The van der Waals surface area contributed by atoms with E-state index < -0.39 is 0 Å². The molecule has 1 unspecified atom stereocenters. The van der Waals surface area contributed by atoms with E-state index in [-0.39, 0.29) is 0 Å². The van der Waals surface area contributed by atoms with E-state index >= 15 is 0 Å². The van der Waals surface area contributed by atoms with Crippen LogP contribution in [0.3, 0.4) is 0 Å². The molecule has 1 atom stereocenters. The summed E-state index contributed by atoms with van der Waals surface area (Å²) < 4.78 is 5.06. The van der Waals surface area contributed by atoms with Crippen molar-refractivity contribution in [3.63, 3.8) is 0 Å². The largest absolute Gasteiger partial charge is 0.481 e. The number of hydrogen-bond acceptors (Lipinski definition) is 4. The molecule has 0 bridgehead atoms. The van der Waals surface area contributed by atoms with Gasteiger partial charge in [0.2, 0.25) is 5.88 Å². The molecule has 2 N–H and O–H groups in total. The van der Waals surface area contributed by atoms with Crippen molar-refractivity contribution in [2.24, 2.45) is 5.73 Å². The van der Waals surface area contributed by atoms with Crippen LogP contribution in [0.25, 0.3) is 0 Å². The first-order valence-corrected chi connectivity index (χ1v) is 6.26. The van der Waals surface area contributed by atoms with Gasteiger partial charge in [-0.25, -0.2) is 4.98 Å². The van der Waals surface area contributed by atoms with Crippen LogP contribution in [0.5, 0.6) is 5.88 Å². The van der Waals surface area contributed by atoms with Crippen LogP contribution >= 0.6 is 0 Å². The zero-order chi connectivity index (χ0) is 12.1. The molecule has 1 fully saturated rings. The van der Waals surface area contributed by atoms with Gasteiger partial charge in [0.15, 0.2) is 0 Å². The van der Waals surface area contributed by atoms with Gasteiger partial charge in [0.1, 0.15) is 0 Å². The molecule has 0 saturated carbocycles. The lowest BCUT2D eigenvalue weighted by Crippen LogP contribution is -2.43. The summed E-state index contributed by atoms with van der Waals surface area (Å²) in [5, 5.41) is 0. The molecule has 0 spiro atoms. The number of pyridine rings is 1. The average molecular weight is 235 g/mol. The van der Waals surface area contributed by atoms with Gasteiger partial charge in [0.25, 0.3) is 0 Å². The Kier molecular flexibility index (Phi) is 4.34. The Morgan fingerprint density at radius 1 is 1.47 bits per heavy atom. The van der Waals surface area contributed by atoms with E-state index in [0.29, 0.717) is 11.9 Å². The number of ether oxygens (including phenoxy) is 1. The van der Waals surface area contributed by atoms with Crippen molar-refractivity contribution in [2.45, 2.75) is 31.8 Å². The summed E-state index contributed by atoms with van der Waals surface area (Å²) in [5.41, 5.74) is 7.04. The molecule has 0 amide bonds. The summed E-state index contributed by atoms with van der Waals surface area (Å²) in [6.45, 7) is 2.84. The summed E-state index contributed by atoms with van der Waals surface area (Å²) in [7, 11) is 1.64. The third-order valence-corrected chi connectivity index (χ3v) is 3.41. The van der Waals surface area contributed by atoms with Gasteiger partial charge in [0.05, 0.1) is 7.11 Å². The molecule has 1 aliphatic heterocycles. The highest BCUT2D eigenvalue weighted by Gasteiger charge is 2.20. The average Bonchev–Trinajstić information content (AvgIpc) is 2.40. The third kappa shape index (κ3) is 3.17. The van der Waals surface area contributed by atoms with Gasteiger partial charge < -0.3 is 10.5 Å². The predicted molar refractivity (Wildman–Crippen MR) is 67.9 cm³/mol. The van der Waals surface area contributed by atoms with Gasteiger partial charge >= 0.3 is 0 Å². The van der Waals surface area contributed by atoms with Crippen molar-refractivity contribution < 1.29 is 4.74 Å². The number of nitrogens with two attached hydrogens (primary N) is 1. The molecule has 2 heterocycles. The van der Waals surface area contributed by atoms with E-state index in [1.807, 2.05) is 12.3 Å². The lowest BCUT2D eigenvalue weighted by Gasteiger charge is -2.34. The van der Waals surface area contributed by atoms with Crippen molar-refractivity contribution >= 4 is 0 Å². The number of nitrogens with zero attached hydrogens (tertiary/aromatic N) is 2. The topological polar surface area (TPSA) is 51.4 Å². The molecule has 0 radical (unpaired) electrons. The highest BCUT2D eigenvalue weighted by atomic mass is 16.5. The van der Waals surface area contributed by atoms with Gasteiger partial charge in [-0.1, -0.05) is 12.5 Å². The molecule has 2 rings (SSSR count). The van der Waals surface area contributed by atoms with Gasteiger partial charge in [0, 0.05) is 31.4 Å². The predicted octanol–water partition coefficient (Wildman–Crippen LogP) is 1.40. The third-order valence-electron chi connectivity index (χ3n) is 3.41. The monoisotopic (exact) mass is 235 g/mol. The standard InChI is InChI=1S/C13H21N3O/c1-17-13-6-5-11(9-15-13)10-16-7-3-2-4-12(16)8-14/h5-6,9,12H,2-4,7-8,10,14H2,1H3. The summed E-state index contributed by atoms with van der Waals surface area (Å²) in [4.78, 5) is 6.70. The van der Waals surface area contributed by atoms with Crippen molar-refractivity contribution in [1.29, 1.82) is 0 Å². The second-order valence-electron chi connectivity index (χ2n) is 4.56. The molecule has 1 aromatic rings. The zero-order valence-corrected chi connectivity index (χ0v) is 10.4. The van der Waals surface area contributed by atoms with Crippen LogP contribution in [0, 0.1) is 0 Å². The normalized spacial score (nSPS) is 21.4. The number of aromatic nitrogens is 1. The first-order valence-electron chi connectivity index (χ1n) is 6.26. The van der Waals surface area contributed by atoms with E-state index in [0.717, 1.165) is 19.6 Å². The number of rotatable bonds is 4. The van der Waals surface area contributed by atoms with E-state index in [9.17, 15) is 0 Å². The second kappa shape index (κ2) is 5.98. The number of hydrogen-bond donors (Lipinski definition) is 1. The van der Waals surface area contributed by atoms with E-state index in [4.69, 9.17) is 10.5 Å². The molecule has 1 aliphatic rings. The maximum Gasteiger partial charge on any atom is 0.212 e. The van der Waals surface area contributed by atoms with Crippen molar-refractivity contribution in [1.82, 2.24) is 9.88 Å². The highest BCUT2D eigenvalue weighted by molar-refractivity contribution is 5.17. The highest BCUT2D eigenvalue weighted by Crippen LogP contribution is 2.19. The van der Waals surface area contributed by atoms with Gasteiger partial charge in [-0.2, -0.15) is 0 Å². The molecule has 4 heteroatoms. The van der Waals surface area contributed by atoms with E-state index in [1.165, 1.54) is 24.8 Å². The molecule has 1 aromatic heterocycles. The van der Waals surface area contributed by atoms with Crippen LogP contribution in [0.4, 0.5) is 0 Å². The molecular formula is C13H21N3O. The van der Waals surface area contributed by atoms with Crippen LogP contribution in [0.15, 0.2) is 18.3 Å². The Hall–Kier alpha value is -1.13. The quantitative estimate of drug-likeness (QED) is 0.857. The maximum atomic E-state index is 5.82. The van der Waals surface area contributed by atoms with Crippen LogP contribution in [0.2, 0.25) is 0 Å². The molecule has 0 aromatic carbocycles. The number of methoxy groups -OCH3 is 1. The van der Waals surface area contributed by atoms with Crippen molar-refractivity contribution in [2.75, 3.05) is 20.2 Å². The zero-order valence-electron chi connectivity index (χ0n) is 10.4. The van der Waals surface area contributed by atoms with Crippen LogP contribution < -0.4 is 10.5 Å². The van der Waals surface area contributed by atoms with Crippen LogP contribution in [-0.4, -0.2) is 36.1 Å². The molecule has 0 aliphatic carbocycles. The molecular weight excluding hydrogens is 214 g/mol. The fraction of sp³-hybridized carbons (Fsp3) is 0.615. The Balaban J connectivity index is 1.98. The number of piperidine rings is 1. The Labute approximate surface area is 103 Å². The fourth-order valence-corrected chi connectivity index (χ4v) is 2.39. The lowest BCUT2D eigenvalue weighted by atomic mass is 10.0. The first-order chi connectivity index (χ1) is 8.33. The summed E-state index contributed by atoms with van der Waals surface area (Å²) >= 11 is 0. The maximum absolute atomic E-state index is 5.82. The lowest BCUT2D eigenvalue weighted by molar-refractivity contribution is 0.144. The Bertz CT molecular complexity index is 339. The fourth-order valence-electron chi connectivity index (χ4n) is 2.39. The first kappa shape index (κ1) is 12.3. The van der Waals surface area contributed by atoms with Crippen molar-refractivity contribution in [3.05, 3.63) is 23.9 Å². The van der Waals surface area contributed by atoms with Gasteiger partial charge in [-0.05, 0) is 24.9 Å². The number of likely N-dealkylation sites (tertiary alicyclic amines) is 1. The van der Waals surface area contributed by atoms with Crippen molar-refractivity contribution in [3.8, 4) is 5.88 Å². The Morgan fingerprint density at radius 2 is 2.35 bits per heavy atom. The molecule has 1 saturated heterocycles. The van der Waals surface area contributed by atoms with Gasteiger partial charge in [-0.3, -0.25) is 4.90 Å². The molecule has 94 valence electrons. The summed E-state index contributed by atoms with van der Waals surface area (Å²) in [5.74, 6) is 0.669. The molecule has 4 nitrogen and oxygen atoms in total. The Morgan fingerprint density at radius 3 is 3.00 bits per heavy atom. The summed E-state index contributed by atoms with van der Waals surface area (Å²) in [6.07, 6.45) is 5.69. The molecule has 17 heavy (non-hydrogen) atoms. The van der Waals surface area contributed by atoms with Crippen LogP contribution in [-0.2, 0) is 6.54 Å². The van der Waals surface area contributed by atoms with Crippen LogP contribution in [0.1, 0.15) is 24.8 Å². The summed E-state index contributed by atoms with van der Waals surface area (Å²) in [6, 6.07) is 4.52.